The van der Waals surface area contributed by atoms with Crippen LogP contribution in [0.3, 0.4) is 0 Å². The van der Waals surface area contributed by atoms with Gasteiger partial charge in [-0.3, -0.25) is 9.59 Å². The molecular formula is C22H27N3O3. The fraction of sp³-hybridized carbons (Fsp3) is 0.364. The summed E-state index contributed by atoms with van der Waals surface area (Å²) in [5, 5.41) is 5.28. The van der Waals surface area contributed by atoms with Gasteiger partial charge in [0.15, 0.2) is 0 Å². The molecule has 1 aliphatic rings. The van der Waals surface area contributed by atoms with Gasteiger partial charge >= 0.3 is 11.8 Å². The number of rotatable bonds is 6. The number of aryl methyl sites for hydroxylation is 1. The van der Waals surface area contributed by atoms with Gasteiger partial charge in [0.2, 0.25) is 0 Å². The molecule has 0 bridgehead atoms. The molecule has 2 aromatic rings. The number of nitrogens with zero attached hydrogens (tertiary/aromatic N) is 1. The number of hydrogen-bond donors (Lipinski definition) is 2. The first-order valence-corrected chi connectivity index (χ1v) is 9.64. The van der Waals surface area contributed by atoms with E-state index in [2.05, 4.69) is 39.8 Å². The quantitative estimate of drug-likeness (QED) is 0.755. The number of methoxy groups -OCH3 is 1. The normalized spacial score (nSPS) is 13.3. The molecule has 148 valence electrons. The van der Waals surface area contributed by atoms with Crippen LogP contribution < -0.4 is 20.3 Å². The maximum Gasteiger partial charge on any atom is 0.313 e. The molecule has 6 nitrogen and oxygen atoms in total. The second kappa shape index (κ2) is 9.26. The van der Waals surface area contributed by atoms with Crippen molar-refractivity contribution in [2.75, 3.05) is 37.0 Å². The molecule has 1 saturated heterocycles. The minimum absolute atomic E-state index is 0.403. The molecule has 1 aliphatic heterocycles. The molecule has 1 fully saturated rings. The first-order chi connectivity index (χ1) is 13.6. The van der Waals surface area contributed by atoms with Crippen LogP contribution >= 0.6 is 0 Å². The Morgan fingerprint density at radius 3 is 2.43 bits per heavy atom. The maximum atomic E-state index is 12.1. The lowest BCUT2D eigenvalue weighted by Gasteiger charge is -2.17. The molecule has 0 aliphatic carbocycles. The second-order valence-corrected chi connectivity index (χ2v) is 7.02. The Labute approximate surface area is 165 Å². The third-order valence-electron chi connectivity index (χ3n) is 4.92. The highest BCUT2D eigenvalue weighted by molar-refractivity contribution is 6.39. The average molecular weight is 381 g/mol. The van der Waals surface area contributed by atoms with Crippen molar-refractivity contribution in [2.24, 2.45) is 0 Å². The van der Waals surface area contributed by atoms with Crippen LogP contribution in [-0.2, 0) is 16.0 Å². The van der Waals surface area contributed by atoms with Crippen molar-refractivity contribution in [1.82, 2.24) is 5.32 Å². The van der Waals surface area contributed by atoms with Gasteiger partial charge in [0.1, 0.15) is 5.75 Å². The third kappa shape index (κ3) is 5.03. The largest absolute Gasteiger partial charge is 0.495 e. The van der Waals surface area contributed by atoms with Crippen molar-refractivity contribution in [3.63, 3.8) is 0 Å². The molecule has 0 radical (unpaired) electrons. The Morgan fingerprint density at radius 2 is 1.75 bits per heavy atom. The molecule has 0 spiro atoms. The van der Waals surface area contributed by atoms with Crippen molar-refractivity contribution in [2.45, 2.75) is 26.2 Å². The van der Waals surface area contributed by atoms with E-state index in [1.165, 1.54) is 25.6 Å². The second-order valence-electron chi connectivity index (χ2n) is 7.02. The third-order valence-corrected chi connectivity index (χ3v) is 4.92. The molecule has 2 amide bonds. The van der Waals surface area contributed by atoms with Crippen molar-refractivity contribution in [3.8, 4) is 5.75 Å². The van der Waals surface area contributed by atoms with E-state index < -0.39 is 11.8 Å². The molecule has 2 N–H and O–H groups in total. The lowest BCUT2D eigenvalue weighted by Crippen LogP contribution is -2.36. The number of carbonyl (C=O) groups is 2. The molecule has 3 rings (SSSR count). The number of ether oxygens (including phenoxy) is 1. The van der Waals surface area contributed by atoms with Crippen LogP contribution in [0, 0.1) is 6.92 Å². The Kier molecular flexibility index (Phi) is 6.53. The number of benzene rings is 2. The summed E-state index contributed by atoms with van der Waals surface area (Å²) in [7, 11) is 1.52. The zero-order valence-electron chi connectivity index (χ0n) is 16.5. The smallest absolute Gasteiger partial charge is 0.313 e. The predicted molar refractivity (Wildman–Crippen MR) is 111 cm³/mol. The van der Waals surface area contributed by atoms with Crippen molar-refractivity contribution in [1.29, 1.82) is 0 Å². The molecule has 6 heteroatoms. The van der Waals surface area contributed by atoms with Crippen LogP contribution in [0.5, 0.6) is 5.75 Å². The lowest BCUT2D eigenvalue weighted by atomic mass is 10.1. The molecule has 1 heterocycles. The first-order valence-electron chi connectivity index (χ1n) is 9.64. The zero-order chi connectivity index (χ0) is 19.9. The van der Waals surface area contributed by atoms with Gasteiger partial charge in [-0.2, -0.15) is 0 Å². The van der Waals surface area contributed by atoms with Crippen molar-refractivity contribution >= 4 is 23.2 Å². The number of hydrogen-bond acceptors (Lipinski definition) is 4. The van der Waals surface area contributed by atoms with Gasteiger partial charge in [-0.25, -0.2) is 0 Å². The van der Waals surface area contributed by atoms with Crippen LogP contribution in [0.15, 0.2) is 42.5 Å². The molecular weight excluding hydrogens is 354 g/mol. The minimum Gasteiger partial charge on any atom is -0.495 e. The molecule has 2 aromatic carbocycles. The summed E-state index contributed by atoms with van der Waals surface area (Å²) in [6, 6.07) is 13.8. The molecule has 28 heavy (non-hydrogen) atoms. The number of amides is 2. The van der Waals surface area contributed by atoms with Gasteiger partial charge in [0.05, 0.1) is 12.8 Å². The summed E-state index contributed by atoms with van der Waals surface area (Å²) in [6.07, 6.45) is 3.18. The van der Waals surface area contributed by atoms with E-state index >= 15 is 0 Å². The Bertz CT molecular complexity index is 827. The minimum atomic E-state index is -0.701. The maximum absolute atomic E-state index is 12.1. The highest BCUT2D eigenvalue weighted by atomic mass is 16.5. The summed E-state index contributed by atoms with van der Waals surface area (Å²) < 4.78 is 5.22. The van der Waals surface area contributed by atoms with Gasteiger partial charge in [0.25, 0.3) is 0 Å². The van der Waals surface area contributed by atoms with E-state index in [1.54, 1.807) is 12.1 Å². The fourth-order valence-corrected chi connectivity index (χ4v) is 3.35. The Balaban J connectivity index is 1.47. The standard InChI is InChI=1S/C22H27N3O3/c1-16-5-10-20(28-2)19(15-16)24-22(27)21(26)23-12-11-17-6-8-18(9-7-17)25-13-3-4-14-25/h5-10,15H,3-4,11-14H2,1-2H3,(H,23,26)(H,24,27). The van der Waals surface area contributed by atoms with Gasteiger partial charge in [-0.05, 0) is 61.6 Å². The van der Waals surface area contributed by atoms with Gasteiger partial charge in [-0.15, -0.1) is 0 Å². The lowest BCUT2D eigenvalue weighted by molar-refractivity contribution is -0.136. The predicted octanol–water partition coefficient (Wildman–Crippen LogP) is 2.90. The molecule has 0 aromatic heterocycles. The molecule has 0 unspecified atom stereocenters. The fourth-order valence-electron chi connectivity index (χ4n) is 3.35. The van der Waals surface area contributed by atoms with Crippen molar-refractivity contribution in [3.05, 3.63) is 53.6 Å². The topological polar surface area (TPSA) is 70.7 Å². The van der Waals surface area contributed by atoms with Crippen LogP contribution in [0.25, 0.3) is 0 Å². The highest BCUT2D eigenvalue weighted by Crippen LogP contribution is 2.25. The Hall–Kier alpha value is -3.02. The van der Waals surface area contributed by atoms with E-state index in [0.29, 0.717) is 24.4 Å². The van der Waals surface area contributed by atoms with Crippen LogP contribution in [0.1, 0.15) is 24.0 Å². The summed E-state index contributed by atoms with van der Waals surface area (Å²) >= 11 is 0. The van der Waals surface area contributed by atoms with E-state index in [-0.39, 0.29) is 0 Å². The highest BCUT2D eigenvalue weighted by Gasteiger charge is 2.16. The van der Waals surface area contributed by atoms with E-state index in [4.69, 9.17) is 4.74 Å². The first kappa shape index (κ1) is 19.7. The monoisotopic (exact) mass is 381 g/mol. The van der Waals surface area contributed by atoms with Crippen LogP contribution in [0.2, 0.25) is 0 Å². The summed E-state index contributed by atoms with van der Waals surface area (Å²) in [6.45, 7) is 4.55. The number of carbonyl (C=O) groups excluding carboxylic acids is 2. The molecule has 0 atom stereocenters. The van der Waals surface area contributed by atoms with E-state index in [1.807, 2.05) is 13.0 Å². The van der Waals surface area contributed by atoms with Crippen molar-refractivity contribution < 1.29 is 14.3 Å². The van der Waals surface area contributed by atoms with Crippen LogP contribution in [0.4, 0.5) is 11.4 Å². The van der Waals surface area contributed by atoms with E-state index in [9.17, 15) is 9.59 Å². The SMILES string of the molecule is COc1ccc(C)cc1NC(=O)C(=O)NCCc1ccc(N2CCCC2)cc1. The summed E-state index contributed by atoms with van der Waals surface area (Å²) in [5.74, 6) is -0.838. The average Bonchev–Trinajstić information content (AvgIpc) is 3.23. The van der Waals surface area contributed by atoms with Gasteiger partial charge in [0, 0.05) is 25.3 Å². The zero-order valence-corrected chi connectivity index (χ0v) is 16.5. The van der Waals surface area contributed by atoms with Gasteiger partial charge in [-0.1, -0.05) is 18.2 Å². The summed E-state index contributed by atoms with van der Waals surface area (Å²) in [5.41, 5.74) is 3.83. The number of anilines is 2. The van der Waals surface area contributed by atoms with E-state index in [0.717, 1.165) is 24.2 Å². The van der Waals surface area contributed by atoms with Gasteiger partial charge < -0.3 is 20.3 Å². The number of nitrogens with one attached hydrogen (secondary N) is 2. The Morgan fingerprint density at radius 1 is 1.04 bits per heavy atom. The van der Waals surface area contributed by atoms with Crippen LogP contribution in [-0.4, -0.2) is 38.6 Å². The summed E-state index contributed by atoms with van der Waals surface area (Å²) in [4.78, 5) is 26.6. The molecule has 0 saturated carbocycles.